The minimum atomic E-state index is -4.72. The van der Waals surface area contributed by atoms with Crippen molar-refractivity contribution in [3.8, 4) is 11.5 Å². The lowest BCUT2D eigenvalue weighted by molar-refractivity contribution is 0.102. The van der Waals surface area contributed by atoms with E-state index in [1.54, 1.807) is 36.4 Å². The first-order chi connectivity index (χ1) is 12.2. The van der Waals surface area contributed by atoms with Crippen molar-refractivity contribution in [3.05, 3.63) is 60.2 Å². The molecule has 0 spiro atoms. The van der Waals surface area contributed by atoms with Gasteiger partial charge in [0.1, 0.15) is 11.5 Å². The Kier molecular flexibility index (Phi) is 4.41. The van der Waals surface area contributed by atoms with Gasteiger partial charge < -0.3 is 20.3 Å². The summed E-state index contributed by atoms with van der Waals surface area (Å²) in [4.78, 5) is 12.2. The lowest BCUT2D eigenvalue weighted by Crippen LogP contribution is -2.11. The summed E-state index contributed by atoms with van der Waals surface area (Å²) in [6, 6.07) is 13.4. The fourth-order valence-electron chi connectivity index (χ4n) is 2.41. The Balaban J connectivity index is 1.92. The van der Waals surface area contributed by atoms with E-state index in [2.05, 4.69) is 9.50 Å². The molecule has 3 rings (SSSR count). The molecule has 0 saturated carbocycles. The summed E-state index contributed by atoms with van der Waals surface area (Å²) < 4.78 is 34.8. The molecule has 0 atom stereocenters. The van der Waals surface area contributed by atoms with Crippen LogP contribution in [0.25, 0.3) is 10.8 Å². The summed E-state index contributed by atoms with van der Waals surface area (Å²) in [5.74, 6) is -0.865. The first-order valence-corrected chi connectivity index (χ1v) is 8.68. The van der Waals surface area contributed by atoms with Gasteiger partial charge in [0.2, 0.25) is 0 Å². The third kappa shape index (κ3) is 4.02. The second kappa shape index (κ2) is 6.54. The van der Waals surface area contributed by atoms with Gasteiger partial charge in [-0.15, -0.1) is 0 Å². The van der Waals surface area contributed by atoms with E-state index in [0.29, 0.717) is 27.7 Å². The number of amides is 1. The topological polar surface area (TPSA) is 139 Å². The molecule has 0 saturated heterocycles. The van der Waals surface area contributed by atoms with E-state index in [1.807, 2.05) is 0 Å². The molecule has 0 radical (unpaired) electrons. The zero-order valence-electron chi connectivity index (χ0n) is 13.2. The standard InChI is InChI=1S/C17H14N2O6S/c18-12-3-1-10(2-4-12)17(21)19-13-5-6-15-11(7-13)8-14(9-16(15)20)25-26(22,23)24/h1-9,20H,18H2,(H,19,21)(H,22,23,24). The van der Waals surface area contributed by atoms with Gasteiger partial charge in [0.25, 0.3) is 5.91 Å². The SMILES string of the molecule is Nc1ccc(C(=O)Nc2ccc3c(O)cc(OS(=O)(=O)O)cc3c2)cc1. The van der Waals surface area contributed by atoms with Crippen LogP contribution in [0, 0.1) is 0 Å². The number of anilines is 2. The van der Waals surface area contributed by atoms with Gasteiger partial charge in [0.15, 0.2) is 0 Å². The normalized spacial score (nSPS) is 11.3. The highest BCUT2D eigenvalue weighted by Gasteiger charge is 2.12. The maximum atomic E-state index is 12.2. The molecule has 134 valence electrons. The Hall–Kier alpha value is -3.30. The van der Waals surface area contributed by atoms with Gasteiger partial charge in [0.05, 0.1) is 0 Å². The van der Waals surface area contributed by atoms with Crippen LogP contribution in [0.15, 0.2) is 54.6 Å². The first kappa shape index (κ1) is 17.5. The predicted octanol–water partition coefficient (Wildman–Crippen LogP) is 2.56. The van der Waals surface area contributed by atoms with Crippen LogP contribution in [-0.2, 0) is 10.4 Å². The van der Waals surface area contributed by atoms with Crippen molar-refractivity contribution in [1.82, 2.24) is 0 Å². The molecule has 0 aliphatic carbocycles. The molecular weight excluding hydrogens is 360 g/mol. The summed E-state index contributed by atoms with van der Waals surface area (Å²) in [6.07, 6.45) is 0. The number of benzene rings is 3. The Labute approximate surface area is 148 Å². The lowest BCUT2D eigenvalue weighted by Gasteiger charge is -2.09. The van der Waals surface area contributed by atoms with Crippen molar-refractivity contribution in [3.63, 3.8) is 0 Å². The average Bonchev–Trinajstić information content (AvgIpc) is 2.53. The van der Waals surface area contributed by atoms with Crippen molar-refractivity contribution in [1.29, 1.82) is 0 Å². The molecule has 0 aliphatic rings. The third-order valence-corrected chi connectivity index (χ3v) is 3.94. The number of nitrogens with one attached hydrogen (secondary N) is 1. The van der Waals surface area contributed by atoms with Gasteiger partial charge in [0, 0.05) is 28.4 Å². The number of carbonyl (C=O) groups excluding carboxylic acids is 1. The van der Waals surface area contributed by atoms with Crippen molar-refractivity contribution in [2.24, 2.45) is 0 Å². The molecular formula is C17H14N2O6S. The van der Waals surface area contributed by atoms with E-state index in [1.165, 1.54) is 12.1 Å². The number of nitrogen functional groups attached to an aromatic ring is 1. The zero-order valence-corrected chi connectivity index (χ0v) is 14.0. The lowest BCUT2D eigenvalue weighted by atomic mass is 10.1. The van der Waals surface area contributed by atoms with Gasteiger partial charge in [-0.1, -0.05) is 0 Å². The van der Waals surface area contributed by atoms with Gasteiger partial charge in [-0.2, -0.15) is 8.42 Å². The van der Waals surface area contributed by atoms with Crippen LogP contribution >= 0.6 is 0 Å². The first-order valence-electron chi connectivity index (χ1n) is 7.32. The Morgan fingerprint density at radius 3 is 2.38 bits per heavy atom. The van der Waals surface area contributed by atoms with Gasteiger partial charge in [-0.05, 0) is 53.9 Å². The third-order valence-electron chi connectivity index (χ3n) is 3.54. The quantitative estimate of drug-likeness (QED) is 0.406. The molecule has 1 amide bonds. The van der Waals surface area contributed by atoms with Crippen LogP contribution in [0.1, 0.15) is 10.4 Å². The number of phenols is 1. The molecule has 0 fully saturated rings. The van der Waals surface area contributed by atoms with Crippen molar-refractivity contribution in [2.45, 2.75) is 0 Å². The molecule has 8 nitrogen and oxygen atoms in total. The summed E-state index contributed by atoms with van der Waals surface area (Å²) in [6.45, 7) is 0. The molecule has 3 aromatic rings. The van der Waals surface area contributed by atoms with E-state index < -0.39 is 10.4 Å². The van der Waals surface area contributed by atoms with Crippen LogP contribution in [-0.4, -0.2) is 24.0 Å². The van der Waals surface area contributed by atoms with E-state index in [0.717, 1.165) is 6.07 Å². The number of phenolic OH excluding ortho intramolecular Hbond substituents is 1. The van der Waals surface area contributed by atoms with Crippen LogP contribution in [0.3, 0.4) is 0 Å². The number of nitrogens with two attached hydrogens (primary N) is 1. The van der Waals surface area contributed by atoms with Crippen LogP contribution in [0.2, 0.25) is 0 Å². The summed E-state index contributed by atoms with van der Waals surface area (Å²) >= 11 is 0. The highest BCUT2D eigenvalue weighted by molar-refractivity contribution is 7.81. The summed E-state index contributed by atoms with van der Waals surface area (Å²) in [5.41, 5.74) is 6.95. The molecule has 9 heteroatoms. The Bertz CT molecular complexity index is 1090. The molecule has 3 aromatic carbocycles. The number of hydrogen-bond donors (Lipinski definition) is 4. The predicted molar refractivity (Wildman–Crippen MR) is 96.6 cm³/mol. The number of carbonyl (C=O) groups is 1. The van der Waals surface area contributed by atoms with E-state index in [-0.39, 0.29) is 17.4 Å². The largest absolute Gasteiger partial charge is 0.507 e. The molecule has 0 heterocycles. The van der Waals surface area contributed by atoms with Crippen molar-refractivity contribution in [2.75, 3.05) is 11.1 Å². The number of hydrogen-bond acceptors (Lipinski definition) is 6. The molecule has 26 heavy (non-hydrogen) atoms. The van der Waals surface area contributed by atoms with Crippen LogP contribution < -0.4 is 15.2 Å². The fourth-order valence-corrected chi connectivity index (χ4v) is 2.75. The van der Waals surface area contributed by atoms with Crippen molar-refractivity contribution >= 4 is 38.5 Å². The number of rotatable bonds is 4. The van der Waals surface area contributed by atoms with Crippen molar-refractivity contribution < 1.29 is 27.1 Å². The maximum Gasteiger partial charge on any atom is 0.446 e. The van der Waals surface area contributed by atoms with E-state index in [4.69, 9.17) is 10.3 Å². The minimum absolute atomic E-state index is 0.238. The summed E-state index contributed by atoms with van der Waals surface area (Å²) in [7, 11) is -4.72. The fraction of sp³-hybridized carbons (Fsp3) is 0. The van der Waals surface area contributed by atoms with Gasteiger partial charge in [-0.3, -0.25) is 9.35 Å². The maximum absolute atomic E-state index is 12.2. The highest BCUT2D eigenvalue weighted by atomic mass is 32.3. The van der Waals surface area contributed by atoms with Gasteiger partial charge in [-0.25, -0.2) is 0 Å². The minimum Gasteiger partial charge on any atom is -0.507 e. The zero-order chi connectivity index (χ0) is 18.9. The molecule has 5 N–H and O–H groups in total. The molecule has 0 unspecified atom stereocenters. The van der Waals surface area contributed by atoms with Crippen LogP contribution in [0.5, 0.6) is 11.5 Å². The number of fused-ring (bicyclic) bond motifs is 1. The molecule has 0 bridgehead atoms. The second-order valence-electron chi connectivity index (χ2n) is 5.47. The van der Waals surface area contributed by atoms with E-state index in [9.17, 15) is 18.3 Å². The Morgan fingerprint density at radius 1 is 1.04 bits per heavy atom. The molecule has 0 aromatic heterocycles. The average molecular weight is 374 g/mol. The van der Waals surface area contributed by atoms with E-state index >= 15 is 0 Å². The summed E-state index contributed by atoms with van der Waals surface area (Å²) in [5, 5.41) is 13.5. The van der Waals surface area contributed by atoms with Gasteiger partial charge >= 0.3 is 10.4 Å². The smallest absolute Gasteiger partial charge is 0.446 e. The monoisotopic (exact) mass is 374 g/mol. The van der Waals surface area contributed by atoms with Crippen LogP contribution in [0.4, 0.5) is 11.4 Å². The Morgan fingerprint density at radius 2 is 1.73 bits per heavy atom. The second-order valence-corrected chi connectivity index (χ2v) is 6.49. The number of aromatic hydroxyl groups is 1. The molecule has 0 aliphatic heterocycles. The highest BCUT2D eigenvalue weighted by Crippen LogP contribution is 2.32.